The number of nitrogens with zero attached hydrogens (tertiary/aromatic N) is 2. The van der Waals surface area contributed by atoms with E-state index in [2.05, 4.69) is 20.9 Å². The highest BCUT2D eigenvalue weighted by Gasteiger charge is 2.27. The molecule has 3 N–H and O–H groups in total. The molecule has 1 fully saturated rings. The Balaban J connectivity index is 0.00000312. The second-order valence-electron chi connectivity index (χ2n) is 5.23. The predicted molar refractivity (Wildman–Crippen MR) is 107 cm³/mol. The van der Waals surface area contributed by atoms with Crippen LogP contribution in [0.15, 0.2) is 29.3 Å². The monoisotopic (exact) mass is 461 g/mol. The van der Waals surface area contributed by atoms with E-state index >= 15 is 0 Å². The second kappa shape index (κ2) is 10.7. The molecular formula is C16H24IN5O3. The third-order valence-electron chi connectivity index (χ3n) is 3.65. The zero-order valence-electron chi connectivity index (χ0n) is 14.4. The van der Waals surface area contributed by atoms with Crippen molar-refractivity contribution in [3.63, 3.8) is 0 Å². The smallest absolute Gasteiger partial charge is 0.324 e. The van der Waals surface area contributed by atoms with Crippen molar-refractivity contribution in [2.75, 3.05) is 40.3 Å². The van der Waals surface area contributed by atoms with Gasteiger partial charge in [-0.1, -0.05) is 12.1 Å². The van der Waals surface area contributed by atoms with Crippen molar-refractivity contribution >= 4 is 41.9 Å². The van der Waals surface area contributed by atoms with Crippen LogP contribution in [0.25, 0.3) is 0 Å². The van der Waals surface area contributed by atoms with Crippen LogP contribution in [0, 0.1) is 0 Å². The molecule has 0 aromatic heterocycles. The zero-order valence-corrected chi connectivity index (χ0v) is 16.7. The van der Waals surface area contributed by atoms with Gasteiger partial charge in [0.1, 0.15) is 5.75 Å². The van der Waals surface area contributed by atoms with E-state index in [1.807, 2.05) is 24.3 Å². The van der Waals surface area contributed by atoms with Crippen LogP contribution in [-0.4, -0.2) is 63.1 Å². The van der Waals surface area contributed by atoms with Gasteiger partial charge < -0.3 is 20.7 Å². The number of hydrogen-bond donors (Lipinski definition) is 3. The van der Waals surface area contributed by atoms with Crippen LogP contribution in [0.3, 0.4) is 0 Å². The number of rotatable bonds is 7. The fraction of sp³-hybridized carbons (Fsp3) is 0.438. The summed E-state index contributed by atoms with van der Waals surface area (Å²) in [6.07, 6.45) is 0.845. The number of nitrogens with one attached hydrogen (secondary N) is 3. The maximum Gasteiger partial charge on any atom is 0.324 e. The molecule has 0 aliphatic carbocycles. The summed E-state index contributed by atoms with van der Waals surface area (Å²) in [4.78, 5) is 28.2. The van der Waals surface area contributed by atoms with Gasteiger partial charge in [-0.05, 0) is 24.1 Å². The predicted octanol–water partition coefficient (Wildman–Crippen LogP) is 0.572. The molecule has 1 saturated heterocycles. The van der Waals surface area contributed by atoms with Crippen LogP contribution in [0.5, 0.6) is 5.75 Å². The van der Waals surface area contributed by atoms with E-state index < -0.39 is 0 Å². The van der Waals surface area contributed by atoms with Gasteiger partial charge in [-0.15, -0.1) is 24.0 Å². The van der Waals surface area contributed by atoms with Gasteiger partial charge in [0.05, 0.1) is 13.7 Å². The summed E-state index contributed by atoms with van der Waals surface area (Å²) in [5.74, 6) is 1.27. The molecule has 0 saturated carbocycles. The zero-order chi connectivity index (χ0) is 17.4. The molecule has 0 atom stereocenters. The lowest BCUT2D eigenvalue weighted by molar-refractivity contribution is -0.124. The summed E-state index contributed by atoms with van der Waals surface area (Å²) in [5, 5.41) is 8.77. The van der Waals surface area contributed by atoms with Gasteiger partial charge in [0.2, 0.25) is 5.91 Å². The molecule has 0 bridgehead atoms. The molecule has 1 aromatic rings. The van der Waals surface area contributed by atoms with E-state index in [0.717, 1.165) is 18.7 Å². The number of carbonyl (C=O) groups is 2. The Labute approximate surface area is 164 Å². The van der Waals surface area contributed by atoms with Gasteiger partial charge in [0.25, 0.3) is 0 Å². The van der Waals surface area contributed by atoms with Crippen molar-refractivity contribution in [2.24, 2.45) is 4.99 Å². The van der Waals surface area contributed by atoms with E-state index in [-0.39, 0.29) is 42.5 Å². The van der Waals surface area contributed by atoms with E-state index in [0.29, 0.717) is 19.0 Å². The number of imide groups is 1. The first kappa shape index (κ1) is 21.0. The van der Waals surface area contributed by atoms with Crippen molar-refractivity contribution in [2.45, 2.75) is 6.42 Å². The Morgan fingerprint density at radius 1 is 1.24 bits per heavy atom. The number of ether oxygens (including phenoxy) is 1. The maximum atomic E-state index is 11.5. The van der Waals surface area contributed by atoms with E-state index in [4.69, 9.17) is 4.74 Å². The molecule has 1 aliphatic rings. The van der Waals surface area contributed by atoms with Crippen molar-refractivity contribution in [1.82, 2.24) is 20.9 Å². The van der Waals surface area contributed by atoms with Crippen LogP contribution < -0.4 is 20.7 Å². The fourth-order valence-corrected chi connectivity index (χ4v) is 2.31. The Hall–Kier alpha value is -2.04. The van der Waals surface area contributed by atoms with Crippen molar-refractivity contribution < 1.29 is 14.3 Å². The van der Waals surface area contributed by atoms with Gasteiger partial charge in [-0.25, -0.2) is 4.79 Å². The minimum atomic E-state index is -0.343. The minimum Gasteiger partial charge on any atom is -0.497 e. The highest BCUT2D eigenvalue weighted by Crippen LogP contribution is 2.11. The minimum absolute atomic E-state index is 0. The Bertz CT molecular complexity index is 590. The van der Waals surface area contributed by atoms with Crippen molar-refractivity contribution in [3.8, 4) is 5.75 Å². The topological polar surface area (TPSA) is 95.1 Å². The number of urea groups is 1. The maximum absolute atomic E-state index is 11.5. The van der Waals surface area contributed by atoms with Crippen LogP contribution in [0.1, 0.15) is 5.56 Å². The third kappa shape index (κ3) is 6.40. The number of guanidine groups is 1. The number of benzene rings is 1. The number of amides is 3. The van der Waals surface area contributed by atoms with Gasteiger partial charge >= 0.3 is 6.03 Å². The summed E-state index contributed by atoms with van der Waals surface area (Å²) in [6, 6.07) is 7.56. The molecule has 25 heavy (non-hydrogen) atoms. The Morgan fingerprint density at radius 2 is 1.92 bits per heavy atom. The Kier molecular flexibility index (Phi) is 9.03. The number of hydrogen-bond acceptors (Lipinski definition) is 4. The molecule has 2 rings (SSSR count). The number of halogens is 1. The van der Waals surface area contributed by atoms with Crippen LogP contribution in [0.4, 0.5) is 4.79 Å². The lowest BCUT2D eigenvalue weighted by atomic mass is 10.1. The van der Waals surface area contributed by atoms with Crippen LogP contribution >= 0.6 is 24.0 Å². The van der Waals surface area contributed by atoms with Gasteiger partial charge in [-0.3, -0.25) is 14.7 Å². The molecule has 1 aromatic carbocycles. The van der Waals surface area contributed by atoms with Crippen LogP contribution in [0.2, 0.25) is 0 Å². The van der Waals surface area contributed by atoms with Gasteiger partial charge in [0, 0.05) is 26.7 Å². The lowest BCUT2D eigenvalue weighted by Crippen LogP contribution is -2.43. The van der Waals surface area contributed by atoms with Crippen molar-refractivity contribution in [3.05, 3.63) is 29.8 Å². The fourth-order valence-electron chi connectivity index (χ4n) is 2.31. The highest BCUT2D eigenvalue weighted by molar-refractivity contribution is 14.0. The third-order valence-corrected chi connectivity index (χ3v) is 3.65. The molecule has 0 spiro atoms. The highest BCUT2D eigenvalue weighted by atomic mass is 127. The Morgan fingerprint density at radius 3 is 2.48 bits per heavy atom. The molecule has 3 amide bonds. The normalized spacial score (nSPS) is 14.0. The molecule has 1 heterocycles. The molecule has 0 radical (unpaired) electrons. The number of methoxy groups -OCH3 is 1. The summed E-state index contributed by atoms with van der Waals surface area (Å²) < 4.78 is 5.13. The molecular weight excluding hydrogens is 437 g/mol. The SMILES string of the molecule is CN=C(NCCc1ccc(OC)cc1)NCCN1C(=O)CNC1=O.I. The lowest BCUT2D eigenvalue weighted by Gasteiger charge is -2.15. The first-order chi connectivity index (χ1) is 11.6. The number of aliphatic imine (C=N–C) groups is 1. The summed E-state index contributed by atoms with van der Waals surface area (Å²) in [7, 11) is 3.32. The van der Waals surface area contributed by atoms with Gasteiger partial charge in [0.15, 0.2) is 5.96 Å². The largest absolute Gasteiger partial charge is 0.497 e. The molecule has 9 heteroatoms. The summed E-state index contributed by atoms with van der Waals surface area (Å²) >= 11 is 0. The van der Waals surface area contributed by atoms with Crippen LogP contribution in [-0.2, 0) is 11.2 Å². The molecule has 8 nitrogen and oxygen atoms in total. The molecule has 138 valence electrons. The summed E-state index contributed by atoms with van der Waals surface area (Å²) in [6.45, 7) is 1.55. The standard InChI is InChI=1S/C16H23N5O3.HI/c1-17-15(19-9-10-21-14(22)11-20-16(21)23)18-8-7-12-3-5-13(24-2)6-4-12;/h3-6H,7-11H2,1-2H3,(H,20,23)(H2,17,18,19);1H. The molecule has 1 aliphatic heterocycles. The number of carbonyl (C=O) groups excluding carboxylic acids is 2. The quantitative estimate of drug-likeness (QED) is 0.239. The van der Waals surface area contributed by atoms with E-state index in [1.165, 1.54) is 10.5 Å². The van der Waals surface area contributed by atoms with E-state index in [1.54, 1.807) is 14.2 Å². The summed E-state index contributed by atoms with van der Waals surface area (Å²) in [5.41, 5.74) is 1.19. The van der Waals surface area contributed by atoms with E-state index in [9.17, 15) is 9.59 Å². The average molecular weight is 461 g/mol. The second-order valence-corrected chi connectivity index (χ2v) is 5.23. The van der Waals surface area contributed by atoms with Gasteiger partial charge in [-0.2, -0.15) is 0 Å². The molecule has 0 unspecified atom stereocenters. The average Bonchev–Trinajstić information content (AvgIpc) is 2.92. The first-order valence-corrected chi connectivity index (χ1v) is 7.79. The first-order valence-electron chi connectivity index (χ1n) is 7.79. The van der Waals surface area contributed by atoms with Crippen molar-refractivity contribution in [1.29, 1.82) is 0 Å².